The minimum absolute atomic E-state index is 0.0439. The molecule has 0 aliphatic carbocycles. The Kier molecular flexibility index (Phi) is 4.73. The summed E-state index contributed by atoms with van der Waals surface area (Å²) in [5.41, 5.74) is -0.136. The second-order valence-electron chi connectivity index (χ2n) is 6.90. The van der Waals surface area contributed by atoms with Gasteiger partial charge in [0.25, 0.3) is 5.56 Å². The standard InChI is InChI=1S/C17H23N3O3S/c1-13(2)10-19(15-7-8-24(22,23)11-15)12-20-17(21)16-6-4-3-5-14(16)9-18-20/h3-6,9,13,15H,7-8,10-12H2,1-2H3/t15-/m1/s1. The molecule has 0 spiro atoms. The SMILES string of the molecule is CC(C)CN(Cn1ncc2ccccc2c1=O)[C@@H]1CCS(=O)(=O)C1. The molecule has 24 heavy (non-hydrogen) atoms. The van der Waals surface area contributed by atoms with Gasteiger partial charge < -0.3 is 0 Å². The molecule has 7 heteroatoms. The lowest BCUT2D eigenvalue weighted by Gasteiger charge is -2.29. The molecule has 6 nitrogen and oxygen atoms in total. The predicted molar refractivity (Wildman–Crippen MR) is 94.6 cm³/mol. The third-order valence-electron chi connectivity index (χ3n) is 4.40. The Morgan fingerprint density at radius 3 is 2.75 bits per heavy atom. The summed E-state index contributed by atoms with van der Waals surface area (Å²) in [5.74, 6) is 0.776. The van der Waals surface area contributed by atoms with E-state index in [0.717, 1.165) is 11.9 Å². The fourth-order valence-electron chi connectivity index (χ4n) is 3.26. The van der Waals surface area contributed by atoms with E-state index in [4.69, 9.17) is 0 Å². The zero-order valence-corrected chi connectivity index (χ0v) is 14.9. The third kappa shape index (κ3) is 3.67. The number of aromatic nitrogens is 2. The molecule has 0 unspecified atom stereocenters. The average molecular weight is 349 g/mol. The van der Waals surface area contributed by atoms with E-state index in [-0.39, 0.29) is 23.1 Å². The van der Waals surface area contributed by atoms with Crippen molar-refractivity contribution >= 4 is 20.6 Å². The van der Waals surface area contributed by atoms with Gasteiger partial charge in [-0.2, -0.15) is 5.10 Å². The van der Waals surface area contributed by atoms with Crippen LogP contribution in [0.25, 0.3) is 10.8 Å². The van der Waals surface area contributed by atoms with Gasteiger partial charge in [-0.05, 0) is 18.4 Å². The fourth-order valence-corrected chi connectivity index (χ4v) is 5.02. The van der Waals surface area contributed by atoms with Crippen molar-refractivity contribution in [2.24, 2.45) is 5.92 Å². The summed E-state index contributed by atoms with van der Waals surface area (Å²) in [4.78, 5) is 14.7. The van der Waals surface area contributed by atoms with Crippen molar-refractivity contribution in [3.63, 3.8) is 0 Å². The Bertz CT molecular complexity index is 889. The highest BCUT2D eigenvalue weighted by Gasteiger charge is 2.32. The van der Waals surface area contributed by atoms with Crippen LogP contribution in [0.5, 0.6) is 0 Å². The Morgan fingerprint density at radius 1 is 1.33 bits per heavy atom. The molecule has 3 rings (SSSR count). The van der Waals surface area contributed by atoms with Crippen molar-refractivity contribution in [3.05, 3.63) is 40.8 Å². The summed E-state index contributed by atoms with van der Waals surface area (Å²) >= 11 is 0. The van der Waals surface area contributed by atoms with Crippen molar-refractivity contribution in [1.29, 1.82) is 0 Å². The summed E-state index contributed by atoms with van der Waals surface area (Å²) in [6, 6.07) is 7.33. The lowest BCUT2D eigenvalue weighted by Crippen LogP contribution is -2.42. The third-order valence-corrected chi connectivity index (χ3v) is 6.15. The van der Waals surface area contributed by atoms with Crippen LogP contribution < -0.4 is 5.56 Å². The number of hydrogen-bond donors (Lipinski definition) is 0. The largest absolute Gasteiger partial charge is 0.280 e. The topological polar surface area (TPSA) is 72.3 Å². The quantitative estimate of drug-likeness (QED) is 0.818. The molecule has 1 aromatic heterocycles. The van der Waals surface area contributed by atoms with E-state index in [9.17, 15) is 13.2 Å². The summed E-state index contributed by atoms with van der Waals surface area (Å²) < 4.78 is 25.1. The van der Waals surface area contributed by atoms with E-state index in [2.05, 4.69) is 23.8 Å². The number of nitrogens with zero attached hydrogens (tertiary/aromatic N) is 3. The molecule has 1 saturated heterocycles. The summed E-state index contributed by atoms with van der Waals surface area (Å²) in [5, 5.41) is 5.73. The zero-order chi connectivity index (χ0) is 17.3. The molecule has 1 aromatic carbocycles. The molecule has 2 heterocycles. The molecular weight excluding hydrogens is 326 g/mol. The van der Waals surface area contributed by atoms with Gasteiger partial charge in [0, 0.05) is 18.0 Å². The molecule has 1 atom stereocenters. The van der Waals surface area contributed by atoms with Gasteiger partial charge in [0.15, 0.2) is 9.84 Å². The first-order valence-electron chi connectivity index (χ1n) is 8.25. The molecule has 0 N–H and O–H groups in total. The van der Waals surface area contributed by atoms with Gasteiger partial charge in [-0.15, -0.1) is 0 Å². The van der Waals surface area contributed by atoms with Crippen LogP contribution >= 0.6 is 0 Å². The first-order valence-corrected chi connectivity index (χ1v) is 10.1. The van der Waals surface area contributed by atoms with Crippen molar-refractivity contribution in [2.75, 3.05) is 18.1 Å². The molecule has 130 valence electrons. The highest BCUT2D eigenvalue weighted by Crippen LogP contribution is 2.19. The number of rotatable bonds is 5. The van der Waals surface area contributed by atoms with E-state index in [1.54, 1.807) is 12.3 Å². The minimum atomic E-state index is -2.96. The van der Waals surface area contributed by atoms with Crippen molar-refractivity contribution < 1.29 is 8.42 Å². The highest BCUT2D eigenvalue weighted by atomic mass is 32.2. The number of sulfone groups is 1. The van der Waals surface area contributed by atoms with Crippen molar-refractivity contribution in [2.45, 2.75) is 33.0 Å². The van der Waals surface area contributed by atoms with Crippen molar-refractivity contribution in [3.8, 4) is 0 Å². The first-order chi connectivity index (χ1) is 11.4. The molecule has 1 aliphatic heterocycles. The lowest BCUT2D eigenvalue weighted by molar-refractivity contribution is 0.135. The highest BCUT2D eigenvalue weighted by molar-refractivity contribution is 7.91. The van der Waals surface area contributed by atoms with Crippen LogP contribution in [-0.4, -0.2) is 47.2 Å². The first kappa shape index (κ1) is 17.1. The monoisotopic (exact) mass is 349 g/mol. The minimum Gasteiger partial charge on any atom is -0.280 e. The van der Waals surface area contributed by atoms with Crippen LogP contribution in [0.3, 0.4) is 0 Å². The molecule has 0 radical (unpaired) electrons. The maximum absolute atomic E-state index is 12.6. The van der Waals surface area contributed by atoms with Crippen LogP contribution in [0.4, 0.5) is 0 Å². The van der Waals surface area contributed by atoms with Crippen LogP contribution in [0.15, 0.2) is 35.3 Å². The maximum atomic E-state index is 12.6. The number of fused-ring (bicyclic) bond motifs is 1. The summed E-state index contributed by atoms with van der Waals surface area (Å²) in [7, 11) is -2.96. The second-order valence-corrected chi connectivity index (χ2v) is 9.13. The molecule has 1 fully saturated rings. The number of hydrogen-bond acceptors (Lipinski definition) is 5. The van der Waals surface area contributed by atoms with E-state index in [1.165, 1.54) is 4.68 Å². The van der Waals surface area contributed by atoms with Gasteiger partial charge in [-0.1, -0.05) is 32.0 Å². The zero-order valence-electron chi connectivity index (χ0n) is 14.1. The predicted octanol–water partition coefficient (Wildman–Crippen LogP) is 1.50. The molecule has 0 amide bonds. The van der Waals surface area contributed by atoms with E-state index >= 15 is 0 Å². The second kappa shape index (κ2) is 6.64. The smallest absolute Gasteiger partial charge is 0.275 e. The lowest BCUT2D eigenvalue weighted by atomic mass is 10.1. The Balaban J connectivity index is 1.90. The van der Waals surface area contributed by atoms with Crippen molar-refractivity contribution in [1.82, 2.24) is 14.7 Å². The fraction of sp³-hybridized carbons (Fsp3) is 0.529. The van der Waals surface area contributed by atoms with Gasteiger partial charge in [0.2, 0.25) is 0 Å². The molecule has 1 aliphatic rings. The maximum Gasteiger partial charge on any atom is 0.275 e. The molecular formula is C17H23N3O3S. The Labute approximate surface area is 142 Å². The summed E-state index contributed by atoms with van der Waals surface area (Å²) in [6.07, 6.45) is 2.31. The Hall–Kier alpha value is -1.73. The van der Waals surface area contributed by atoms with Gasteiger partial charge >= 0.3 is 0 Å². The van der Waals surface area contributed by atoms with Crippen LogP contribution in [0, 0.1) is 5.92 Å². The van der Waals surface area contributed by atoms with E-state index < -0.39 is 9.84 Å². The normalized spacial score (nSPS) is 20.2. The van der Waals surface area contributed by atoms with Crippen LogP contribution in [0.2, 0.25) is 0 Å². The summed E-state index contributed by atoms with van der Waals surface area (Å²) in [6.45, 7) is 5.24. The van der Waals surface area contributed by atoms with Crippen LogP contribution in [-0.2, 0) is 16.5 Å². The van der Waals surface area contributed by atoms with E-state index in [1.807, 2.05) is 18.2 Å². The number of benzene rings is 1. The van der Waals surface area contributed by atoms with Gasteiger partial charge in [-0.25, -0.2) is 13.1 Å². The average Bonchev–Trinajstić information content (AvgIpc) is 2.89. The molecule has 0 bridgehead atoms. The molecule has 2 aromatic rings. The van der Waals surface area contributed by atoms with Crippen LogP contribution in [0.1, 0.15) is 20.3 Å². The van der Waals surface area contributed by atoms with Gasteiger partial charge in [0.1, 0.15) is 0 Å². The molecule has 0 saturated carbocycles. The Morgan fingerprint density at radius 2 is 2.08 bits per heavy atom. The van der Waals surface area contributed by atoms with Gasteiger partial charge in [-0.3, -0.25) is 9.69 Å². The van der Waals surface area contributed by atoms with E-state index in [0.29, 0.717) is 24.4 Å². The van der Waals surface area contributed by atoms with Gasteiger partial charge in [0.05, 0.1) is 29.8 Å².